The summed E-state index contributed by atoms with van der Waals surface area (Å²) in [6.45, 7) is 2.78. The quantitative estimate of drug-likeness (QED) is 0.885. The number of hydrogen-bond acceptors (Lipinski definition) is 4. The Morgan fingerprint density at radius 3 is 2.86 bits per heavy atom. The van der Waals surface area contributed by atoms with Crippen LogP contribution in [0.2, 0.25) is 0 Å². The Morgan fingerprint density at radius 2 is 2.14 bits per heavy atom. The minimum atomic E-state index is -0.294. The van der Waals surface area contributed by atoms with Crippen LogP contribution in [0, 0.1) is 0 Å². The summed E-state index contributed by atoms with van der Waals surface area (Å²) in [5.74, 6) is 0.0181. The molecule has 2 amide bonds. The third-order valence-corrected chi connectivity index (χ3v) is 4.31. The predicted molar refractivity (Wildman–Crippen MR) is 81.3 cm³/mol. The Hall–Kier alpha value is -2.08. The molecule has 3 rings (SSSR count). The first-order chi connectivity index (χ1) is 10.6. The maximum Gasteiger partial charge on any atom is 0.409 e. The SMILES string of the molecule is CN1Cc2ccccc2CC1C(=O)NCCN1CCOC1=O. The summed E-state index contributed by atoms with van der Waals surface area (Å²) < 4.78 is 4.86. The van der Waals surface area contributed by atoms with Crippen molar-refractivity contribution in [1.82, 2.24) is 15.1 Å². The van der Waals surface area contributed by atoms with Crippen LogP contribution in [-0.2, 0) is 22.5 Å². The van der Waals surface area contributed by atoms with Gasteiger partial charge in [-0.3, -0.25) is 9.69 Å². The summed E-state index contributed by atoms with van der Waals surface area (Å²) >= 11 is 0. The van der Waals surface area contributed by atoms with E-state index in [1.54, 1.807) is 4.90 Å². The normalized spacial score (nSPS) is 21.4. The second kappa shape index (κ2) is 6.36. The van der Waals surface area contributed by atoms with Crippen molar-refractivity contribution >= 4 is 12.0 Å². The zero-order valence-electron chi connectivity index (χ0n) is 12.7. The maximum atomic E-state index is 12.4. The Kier molecular flexibility index (Phi) is 4.29. The van der Waals surface area contributed by atoms with E-state index in [0.717, 1.165) is 13.0 Å². The van der Waals surface area contributed by atoms with Crippen LogP contribution in [0.15, 0.2) is 24.3 Å². The molecule has 1 saturated heterocycles. The maximum absolute atomic E-state index is 12.4. The van der Waals surface area contributed by atoms with Crippen molar-refractivity contribution in [2.24, 2.45) is 0 Å². The summed E-state index contributed by atoms with van der Waals surface area (Å²) in [4.78, 5) is 27.4. The zero-order chi connectivity index (χ0) is 15.5. The molecule has 6 nitrogen and oxygen atoms in total. The molecule has 1 unspecified atom stereocenters. The summed E-state index contributed by atoms with van der Waals surface area (Å²) in [5.41, 5.74) is 2.53. The number of cyclic esters (lactones) is 1. The molecule has 2 aliphatic heterocycles. The van der Waals surface area contributed by atoms with Crippen molar-refractivity contribution in [1.29, 1.82) is 0 Å². The van der Waals surface area contributed by atoms with Crippen LogP contribution >= 0.6 is 0 Å². The monoisotopic (exact) mass is 303 g/mol. The van der Waals surface area contributed by atoms with Gasteiger partial charge < -0.3 is 15.0 Å². The smallest absolute Gasteiger partial charge is 0.409 e. The number of hydrogen-bond donors (Lipinski definition) is 1. The van der Waals surface area contributed by atoms with E-state index in [9.17, 15) is 9.59 Å². The Labute approximate surface area is 130 Å². The van der Waals surface area contributed by atoms with Crippen LogP contribution in [0.5, 0.6) is 0 Å². The minimum absolute atomic E-state index is 0.0181. The van der Waals surface area contributed by atoms with Gasteiger partial charge in [0.05, 0.1) is 12.6 Å². The number of carbonyl (C=O) groups is 2. The summed E-state index contributed by atoms with van der Waals surface area (Å²) in [6, 6.07) is 8.09. The number of likely N-dealkylation sites (N-methyl/N-ethyl adjacent to an activating group) is 1. The lowest BCUT2D eigenvalue weighted by atomic mass is 9.94. The topological polar surface area (TPSA) is 61.9 Å². The molecule has 1 N–H and O–H groups in total. The number of carbonyl (C=O) groups excluding carboxylic acids is 2. The van der Waals surface area contributed by atoms with Gasteiger partial charge in [0.25, 0.3) is 0 Å². The number of rotatable bonds is 4. The fraction of sp³-hybridized carbons (Fsp3) is 0.500. The molecule has 1 atom stereocenters. The standard InChI is InChI=1S/C16H21N3O3/c1-18-11-13-5-3-2-4-12(13)10-14(18)15(20)17-6-7-19-8-9-22-16(19)21/h2-5,14H,6-11H2,1H3,(H,17,20). The highest BCUT2D eigenvalue weighted by atomic mass is 16.6. The molecule has 0 bridgehead atoms. The number of ether oxygens (including phenoxy) is 1. The van der Waals surface area contributed by atoms with Gasteiger partial charge in [0.2, 0.25) is 5.91 Å². The van der Waals surface area contributed by atoms with Gasteiger partial charge in [0.1, 0.15) is 6.61 Å². The predicted octanol–water partition coefficient (Wildman–Crippen LogP) is 0.611. The molecule has 1 fully saturated rings. The Morgan fingerprint density at radius 1 is 1.36 bits per heavy atom. The van der Waals surface area contributed by atoms with E-state index in [1.165, 1.54) is 11.1 Å². The molecule has 1 aromatic rings. The molecule has 0 saturated carbocycles. The third-order valence-electron chi connectivity index (χ3n) is 4.31. The molecule has 2 heterocycles. The van der Waals surface area contributed by atoms with E-state index in [1.807, 2.05) is 19.2 Å². The van der Waals surface area contributed by atoms with E-state index in [0.29, 0.717) is 26.2 Å². The van der Waals surface area contributed by atoms with Crippen molar-refractivity contribution in [3.63, 3.8) is 0 Å². The molecule has 118 valence electrons. The van der Waals surface area contributed by atoms with E-state index < -0.39 is 0 Å². The lowest BCUT2D eigenvalue weighted by Crippen LogP contribution is -2.49. The molecule has 0 aromatic heterocycles. The number of nitrogens with one attached hydrogen (secondary N) is 1. The van der Waals surface area contributed by atoms with Crippen LogP contribution in [0.4, 0.5) is 4.79 Å². The molecule has 0 radical (unpaired) electrons. The zero-order valence-corrected chi connectivity index (χ0v) is 12.7. The third kappa shape index (κ3) is 3.06. The number of amides is 2. The molecular weight excluding hydrogens is 282 g/mol. The lowest BCUT2D eigenvalue weighted by Gasteiger charge is -2.33. The van der Waals surface area contributed by atoms with E-state index in [-0.39, 0.29) is 18.0 Å². The highest BCUT2D eigenvalue weighted by Crippen LogP contribution is 2.21. The van der Waals surface area contributed by atoms with Gasteiger partial charge in [-0.15, -0.1) is 0 Å². The van der Waals surface area contributed by atoms with Crippen molar-refractivity contribution in [2.75, 3.05) is 33.3 Å². The van der Waals surface area contributed by atoms with Crippen LogP contribution in [0.25, 0.3) is 0 Å². The second-order valence-electron chi connectivity index (χ2n) is 5.80. The van der Waals surface area contributed by atoms with Crippen LogP contribution in [0.1, 0.15) is 11.1 Å². The first kappa shape index (κ1) is 14.8. The van der Waals surface area contributed by atoms with Crippen molar-refractivity contribution in [3.05, 3.63) is 35.4 Å². The summed E-state index contributed by atoms with van der Waals surface area (Å²) in [5, 5.41) is 2.93. The van der Waals surface area contributed by atoms with Gasteiger partial charge in [0, 0.05) is 19.6 Å². The first-order valence-corrected chi connectivity index (χ1v) is 7.61. The fourth-order valence-corrected chi connectivity index (χ4v) is 3.01. The average molecular weight is 303 g/mol. The van der Waals surface area contributed by atoms with E-state index in [2.05, 4.69) is 22.3 Å². The number of nitrogens with zero attached hydrogens (tertiary/aromatic N) is 2. The first-order valence-electron chi connectivity index (χ1n) is 7.61. The molecule has 0 aliphatic carbocycles. The summed E-state index contributed by atoms with van der Waals surface area (Å²) in [7, 11) is 1.97. The van der Waals surface area contributed by atoms with Crippen LogP contribution in [0.3, 0.4) is 0 Å². The highest BCUT2D eigenvalue weighted by molar-refractivity contribution is 5.82. The van der Waals surface area contributed by atoms with Gasteiger partial charge in [-0.2, -0.15) is 0 Å². The molecule has 6 heteroatoms. The summed E-state index contributed by atoms with van der Waals surface area (Å²) in [6.07, 6.45) is 0.433. The lowest BCUT2D eigenvalue weighted by molar-refractivity contribution is -0.126. The fourth-order valence-electron chi connectivity index (χ4n) is 3.01. The Bertz CT molecular complexity index is 576. The van der Waals surface area contributed by atoms with E-state index >= 15 is 0 Å². The molecule has 1 aromatic carbocycles. The van der Waals surface area contributed by atoms with Gasteiger partial charge in [0.15, 0.2) is 0 Å². The van der Waals surface area contributed by atoms with Gasteiger partial charge in [-0.1, -0.05) is 24.3 Å². The largest absolute Gasteiger partial charge is 0.448 e. The van der Waals surface area contributed by atoms with Crippen molar-refractivity contribution in [3.8, 4) is 0 Å². The van der Waals surface area contributed by atoms with Gasteiger partial charge >= 0.3 is 6.09 Å². The Balaban J connectivity index is 1.53. The number of benzene rings is 1. The van der Waals surface area contributed by atoms with Crippen LogP contribution < -0.4 is 5.32 Å². The second-order valence-corrected chi connectivity index (χ2v) is 5.80. The molecule has 2 aliphatic rings. The van der Waals surface area contributed by atoms with Gasteiger partial charge in [-0.05, 0) is 24.6 Å². The highest BCUT2D eigenvalue weighted by Gasteiger charge is 2.29. The van der Waals surface area contributed by atoms with Crippen LogP contribution in [-0.4, -0.2) is 61.1 Å². The average Bonchev–Trinajstić information content (AvgIpc) is 2.92. The molecule has 0 spiro atoms. The van der Waals surface area contributed by atoms with Crippen molar-refractivity contribution < 1.29 is 14.3 Å². The number of fused-ring (bicyclic) bond motifs is 1. The van der Waals surface area contributed by atoms with Gasteiger partial charge in [-0.25, -0.2) is 4.79 Å². The molecular formula is C16H21N3O3. The molecule has 22 heavy (non-hydrogen) atoms. The van der Waals surface area contributed by atoms with Crippen molar-refractivity contribution in [2.45, 2.75) is 19.0 Å². The minimum Gasteiger partial charge on any atom is -0.448 e. The van der Waals surface area contributed by atoms with E-state index in [4.69, 9.17) is 4.74 Å².